The third kappa shape index (κ3) is 4.95. The van der Waals surface area contributed by atoms with Crippen LogP contribution in [0.2, 0.25) is 0 Å². The van der Waals surface area contributed by atoms with Crippen molar-refractivity contribution in [3.05, 3.63) is 70.0 Å². The molecule has 27 heavy (non-hydrogen) atoms. The molecule has 0 fully saturated rings. The highest BCUT2D eigenvalue weighted by Crippen LogP contribution is 2.34. The summed E-state index contributed by atoms with van der Waals surface area (Å²) in [5, 5.41) is 11.5. The van der Waals surface area contributed by atoms with Gasteiger partial charge in [-0.3, -0.25) is 4.79 Å². The summed E-state index contributed by atoms with van der Waals surface area (Å²) in [4.78, 5) is 15.3. The second kappa shape index (κ2) is 8.82. The molecule has 3 aromatic rings. The Hall–Kier alpha value is -2.66. The van der Waals surface area contributed by atoms with E-state index >= 15 is 0 Å². The molecule has 0 saturated carbocycles. The second-order valence-corrected chi connectivity index (χ2v) is 7.48. The Morgan fingerprint density at radius 3 is 2.70 bits per heavy atom. The number of carboxylic acids is 1. The molecule has 3 rings (SSSR count). The molecule has 4 nitrogen and oxygen atoms in total. The zero-order chi connectivity index (χ0) is 19.2. The Labute approximate surface area is 163 Å². The van der Waals surface area contributed by atoms with Crippen molar-refractivity contribution < 1.29 is 14.6 Å². The lowest BCUT2D eigenvalue weighted by atomic mass is 9.95. The smallest absolute Gasteiger partial charge is 0.310 e. The Morgan fingerprint density at radius 2 is 2.00 bits per heavy atom. The lowest BCUT2D eigenvalue weighted by molar-refractivity contribution is -0.136. The third-order valence-corrected chi connectivity index (χ3v) is 5.39. The SMILES string of the molecule is CCC(C)c1cc(-c2csc(CC(=O)O)n2)ccc1OCc1ccccc1. The van der Waals surface area contributed by atoms with E-state index in [1.54, 1.807) is 0 Å². The van der Waals surface area contributed by atoms with Crippen LogP contribution in [0.4, 0.5) is 0 Å². The number of thiazole rings is 1. The maximum Gasteiger partial charge on any atom is 0.310 e. The predicted molar refractivity (Wildman–Crippen MR) is 108 cm³/mol. The van der Waals surface area contributed by atoms with Crippen molar-refractivity contribution in [2.45, 2.75) is 39.2 Å². The maximum absolute atomic E-state index is 10.9. The van der Waals surface area contributed by atoms with E-state index in [2.05, 4.69) is 37.0 Å². The monoisotopic (exact) mass is 381 g/mol. The van der Waals surface area contributed by atoms with E-state index in [1.807, 2.05) is 35.7 Å². The molecule has 1 heterocycles. The van der Waals surface area contributed by atoms with Crippen LogP contribution in [0.15, 0.2) is 53.9 Å². The van der Waals surface area contributed by atoms with Gasteiger partial charge >= 0.3 is 5.97 Å². The van der Waals surface area contributed by atoms with Crippen LogP contribution in [0, 0.1) is 0 Å². The number of carboxylic acid groups (broad SMARTS) is 1. The number of aromatic nitrogens is 1. The molecular formula is C22H23NO3S. The minimum Gasteiger partial charge on any atom is -0.489 e. The van der Waals surface area contributed by atoms with Crippen molar-refractivity contribution in [3.63, 3.8) is 0 Å². The van der Waals surface area contributed by atoms with Gasteiger partial charge in [0.25, 0.3) is 0 Å². The molecule has 140 valence electrons. The molecular weight excluding hydrogens is 358 g/mol. The number of hydrogen-bond acceptors (Lipinski definition) is 4. The molecule has 0 radical (unpaired) electrons. The molecule has 0 aliphatic carbocycles. The Balaban J connectivity index is 1.85. The standard InChI is InChI=1S/C22H23NO3S/c1-3-15(2)18-11-17(19-14-27-21(23-19)12-22(24)25)9-10-20(18)26-13-16-7-5-4-6-8-16/h4-11,14-15H,3,12-13H2,1-2H3,(H,24,25). The van der Waals surface area contributed by atoms with Crippen LogP contribution in [0.3, 0.4) is 0 Å². The van der Waals surface area contributed by atoms with Crippen LogP contribution in [0.1, 0.15) is 42.3 Å². The van der Waals surface area contributed by atoms with Gasteiger partial charge < -0.3 is 9.84 Å². The summed E-state index contributed by atoms with van der Waals surface area (Å²) < 4.78 is 6.10. The number of rotatable bonds is 8. The van der Waals surface area contributed by atoms with Gasteiger partial charge in [-0.25, -0.2) is 4.98 Å². The quantitative estimate of drug-likeness (QED) is 0.557. The van der Waals surface area contributed by atoms with Gasteiger partial charge in [-0.05, 0) is 41.7 Å². The van der Waals surface area contributed by atoms with Crippen molar-refractivity contribution in [2.75, 3.05) is 0 Å². The van der Waals surface area contributed by atoms with Gasteiger partial charge in [-0.1, -0.05) is 44.2 Å². The summed E-state index contributed by atoms with van der Waals surface area (Å²) in [6.07, 6.45) is 0.966. The number of carbonyl (C=O) groups is 1. The van der Waals surface area contributed by atoms with Crippen LogP contribution in [0.5, 0.6) is 5.75 Å². The maximum atomic E-state index is 10.9. The average molecular weight is 381 g/mol. The van der Waals surface area contributed by atoms with Crippen LogP contribution < -0.4 is 4.74 Å². The minimum atomic E-state index is -0.860. The summed E-state index contributed by atoms with van der Waals surface area (Å²) in [5.41, 5.74) is 4.09. The van der Waals surface area contributed by atoms with Gasteiger partial charge in [-0.2, -0.15) is 0 Å². The van der Waals surface area contributed by atoms with Crippen LogP contribution in [-0.4, -0.2) is 16.1 Å². The van der Waals surface area contributed by atoms with Crippen molar-refractivity contribution in [3.8, 4) is 17.0 Å². The first kappa shape index (κ1) is 19.1. The fourth-order valence-electron chi connectivity index (χ4n) is 2.83. The van der Waals surface area contributed by atoms with Crippen molar-refractivity contribution in [1.29, 1.82) is 0 Å². The second-order valence-electron chi connectivity index (χ2n) is 6.53. The van der Waals surface area contributed by atoms with E-state index < -0.39 is 5.97 Å². The first-order valence-corrected chi connectivity index (χ1v) is 9.92. The van der Waals surface area contributed by atoms with Crippen LogP contribution >= 0.6 is 11.3 Å². The van der Waals surface area contributed by atoms with Crippen molar-refractivity contribution in [1.82, 2.24) is 4.98 Å². The summed E-state index contributed by atoms with van der Waals surface area (Å²) in [7, 11) is 0. The van der Waals surface area contributed by atoms with E-state index in [4.69, 9.17) is 9.84 Å². The first-order valence-electron chi connectivity index (χ1n) is 9.04. The molecule has 0 aliphatic rings. The fraction of sp³-hybridized carbons (Fsp3) is 0.273. The Bertz CT molecular complexity index is 905. The number of ether oxygens (including phenoxy) is 1. The molecule has 0 aliphatic heterocycles. The highest BCUT2D eigenvalue weighted by Gasteiger charge is 2.14. The highest BCUT2D eigenvalue weighted by molar-refractivity contribution is 7.10. The predicted octanol–water partition coefficient (Wildman–Crippen LogP) is 5.53. The van der Waals surface area contributed by atoms with Crippen molar-refractivity contribution in [2.24, 2.45) is 0 Å². The molecule has 2 aromatic carbocycles. The lowest BCUT2D eigenvalue weighted by Crippen LogP contribution is -2.02. The Kier molecular flexibility index (Phi) is 6.24. The van der Waals surface area contributed by atoms with E-state index in [-0.39, 0.29) is 6.42 Å². The molecule has 0 amide bonds. The summed E-state index contributed by atoms with van der Waals surface area (Å²) in [5.74, 6) is 0.381. The molecule has 0 spiro atoms. The van der Waals surface area contributed by atoms with E-state index in [0.29, 0.717) is 17.5 Å². The lowest BCUT2D eigenvalue weighted by Gasteiger charge is -2.17. The van der Waals surface area contributed by atoms with Gasteiger partial charge in [-0.15, -0.1) is 11.3 Å². The molecule has 1 atom stereocenters. The summed E-state index contributed by atoms with van der Waals surface area (Å²) >= 11 is 1.38. The Morgan fingerprint density at radius 1 is 1.22 bits per heavy atom. The van der Waals surface area contributed by atoms with Gasteiger partial charge in [0, 0.05) is 10.9 Å². The van der Waals surface area contributed by atoms with Crippen molar-refractivity contribution >= 4 is 17.3 Å². The molecule has 1 N–H and O–H groups in total. The van der Waals surface area contributed by atoms with Gasteiger partial charge in [0.1, 0.15) is 17.4 Å². The topological polar surface area (TPSA) is 59.4 Å². The van der Waals surface area contributed by atoms with Crippen LogP contribution in [-0.2, 0) is 17.8 Å². The van der Waals surface area contributed by atoms with E-state index in [9.17, 15) is 4.79 Å². The summed E-state index contributed by atoms with van der Waals surface area (Å²) in [6.45, 7) is 4.88. The van der Waals surface area contributed by atoms with E-state index in [1.165, 1.54) is 11.3 Å². The van der Waals surface area contributed by atoms with Gasteiger partial charge in [0.2, 0.25) is 0 Å². The summed E-state index contributed by atoms with van der Waals surface area (Å²) in [6, 6.07) is 16.2. The zero-order valence-electron chi connectivity index (χ0n) is 15.5. The molecule has 0 saturated heterocycles. The zero-order valence-corrected chi connectivity index (χ0v) is 16.3. The normalized spacial score (nSPS) is 11.9. The fourth-order valence-corrected chi connectivity index (χ4v) is 3.63. The van der Waals surface area contributed by atoms with Gasteiger partial charge in [0.15, 0.2) is 0 Å². The average Bonchev–Trinajstić information content (AvgIpc) is 3.14. The first-order chi connectivity index (χ1) is 13.1. The largest absolute Gasteiger partial charge is 0.489 e. The van der Waals surface area contributed by atoms with E-state index in [0.717, 1.165) is 34.6 Å². The third-order valence-electron chi connectivity index (χ3n) is 4.54. The molecule has 1 unspecified atom stereocenters. The minimum absolute atomic E-state index is 0.0405. The highest BCUT2D eigenvalue weighted by atomic mass is 32.1. The number of hydrogen-bond donors (Lipinski definition) is 1. The van der Waals surface area contributed by atoms with Crippen LogP contribution in [0.25, 0.3) is 11.3 Å². The molecule has 5 heteroatoms. The van der Waals surface area contributed by atoms with Gasteiger partial charge in [0.05, 0.1) is 12.1 Å². The number of nitrogens with zero attached hydrogens (tertiary/aromatic N) is 1. The molecule has 0 bridgehead atoms. The molecule has 1 aromatic heterocycles. The number of benzene rings is 2. The number of aliphatic carboxylic acids is 1.